The van der Waals surface area contributed by atoms with Crippen LogP contribution < -0.4 is 0 Å². The third kappa shape index (κ3) is 2.12. The van der Waals surface area contributed by atoms with Crippen LogP contribution in [0.15, 0.2) is 34.7 Å². The number of aryl methyl sites for hydroxylation is 2. The van der Waals surface area contributed by atoms with Gasteiger partial charge in [0, 0.05) is 17.5 Å². The average molecular weight is 289 g/mol. The van der Waals surface area contributed by atoms with E-state index in [0.29, 0.717) is 22.1 Å². The van der Waals surface area contributed by atoms with Crippen molar-refractivity contribution < 1.29 is 9.21 Å². The molecule has 0 unspecified atom stereocenters. The number of hydrogen-bond acceptors (Lipinski definition) is 3. The van der Waals surface area contributed by atoms with Crippen LogP contribution in [0, 0.1) is 0 Å². The van der Waals surface area contributed by atoms with Gasteiger partial charge in [-0.2, -0.15) is 5.10 Å². The fourth-order valence-corrected chi connectivity index (χ4v) is 2.34. The minimum absolute atomic E-state index is 0.174. The van der Waals surface area contributed by atoms with Gasteiger partial charge in [0.15, 0.2) is 5.76 Å². The van der Waals surface area contributed by atoms with E-state index < -0.39 is 0 Å². The molecule has 2 heterocycles. The molecule has 4 nitrogen and oxygen atoms in total. The summed E-state index contributed by atoms with van der Waals surface area (Å²) >= 11 is 5.93. The Labute approximate surface area is 120 Å². The van der Waals surface area contributed by atoms with Gasteiger partial charge in [-0.1, -0.05) is 18.5 Å². The van der Waals surface area contributed by atoms with Crippen molar-refractivity contribution in [3.8, 4) is 0 Å². The number of halogens is 1. The summed E-state index contributed by atoms with van der Waals surface area (Å²) < 4.78 is 7.17. The van der Waals surface area contributed by atoms with Crippen molar-refractivity contribution in [3.63, 3.8) is 0 Å². The topological polar surface area (TPSA) is 48.0 Å². The lowest BCUT2D eigenvalue weighted by molar-refractivity contribution is 0.100. The molecule has 0 fully saturated rings. The summed E-state index contributed by atoms with van der Waals surface area (Å²) in [7, 11) is 1.76. The molecule has 3 rings (SSSR count). The number of aromatic nitrogens is 2. The number of rotatable bonds is 3. The maximum atomic E-state index is 12.5. The molecular weight excluding hydrogens is 276 g/mol. The van der Waals surface area contributed by atoms with Gasteiger partial charge in [0.25, 0.3) is 0 Å². The Morgan fingerprint density at radius 3 is 2.85 bits per heavy atom. The lowest BCUT2D eigenvalue weighted by atomic mass is 10.2. The molecule has 0 radical (unpaired) electrons. The van der Waals surface area contributed by atoms with Gasteiger partial charge >= 0.3 is 0 Å². The van der Waals surface area contributed by atoms with Gasteiger partial charge in [-0.3, -0.25) is 9.48 Å². The van der Waals surface area contributed by atoms with Crippen molar-refractivity contribution in [1.82, 2.24) is 9.78 Å². The third-order valence-electron chi connectivity index (χ3n) is 3.23. The molecule has 0 atom stereocenters. The van der Waals surface area contributed by atoms with Crippen LogP contribution in [0.25, 0.3) is 11.0 Å². The highest BCUT2D eigenvalue weighted by Gasteiger charge is 2.19. The predicted molar refractivity (Wildman–Crippen MR) is 77.2 cm³/mol. The standard InChI is InChI=1S/C15H13ClN2O2/c1-3-11-8-12(18(2)17-11)15(19)14-7-9-6-10(16)4-5-13(9)20-14/h4-8H,3H2,1-2H3. The zero-order chi connectivity index (χ0) is 14.3. The molecular formula is C15H13ClN2O2. The van der Waals surface area contributed by atoms with Gasteiger partial charge < -0.3 is 4.42 Å². The second-order valence-electron chi connectivity index (χ2n) is 4.62. The molecule has 0 saturated carbocycles. The number of hydrogen-bond donors (Lipinski definition) is 0. The molecule has 0 aliphatic heterocycles. The fourth-order valence-electron chi connectivity index (χ4n) is 2.16. The first-order valence-corrected chi connectivity index (χ1v) is 6.73. The summed E-state index contributed by atoms with van der Waals surface area (Å²) in [5, 5.41) is 5.71. The first-order valence-electron chi connectivity index (χ1n) is 6.35. The summed E-state index contributed by atoms with van der Waals surface area (Å²) in [6.07, 6.45) is 0.789. The molecule has 0 saturated heterocycles. The van der Waals surface area contributed by atoms with E-state index in [1.54, 1.807) is 42.1 Å². The lowest BCUT2D eigenvalue weighted by Crippen LogP contribution is -2.07. The number of carbonyl (C=O) groups is 1. The largest absolute Gasteiger partial charge is 0.453 e. The molecule has 1 aromatic carbocycles. The average Bonchev–Trinajstić information content (AvgIpc) is 3.00. The second kappa shape index (κ2) is 4.80. The van der Waals surface area contributed by atoms with Crippen molar-refractivity contribution >= 4 is 28.4 Å². The van der Waals surface area contributed by atoms with E-state index in [4.69, 9.17) is 16.0 Å². The normalized spacial score (nSPS) is 11.2. The maximum absolute atomic E-state index is 12.5. The molecule has 3 aromatic rings. The van der Waals surface area contributed by atoms with Gasteiger partial charge in [-0.25, -0.2) is 0 Å². The third-order valence-corrected chi connectivity index (χ3v) is 3.46. The summed E-state index contributed by atoms with van der Waals surface area (Å²) in [6, 6.07) is 8.78. The molecule has 0 aliphatic rings. The van der Waals surface area contributed by atoms with E-state index in [-0.39, 0.29) is 5.78 Å². The molecule has 0 bridgehead atoms. The molecule has 20 heavy (non-hydrogen) atoms. The zero-order valence-electron chi connectivity index (χ0n) is 11.2. The molecule has 0 amide bonds. The predicted octanol–water partition coefficient (Wildman–Crippen LogP) is 3.61. The van der Waals surface area contributed by atoms with Gasteiger partial charge in [0.05, 0.1) is 5.69 Å². The van der Waals surface area contributed by atoms with Crippen LogP contribution in [0.1, 0.15) is 28.9 Å². The molecule has 0 aliphatic carbocycles. The van der Waals surface area contributed by atoms with Crippen LogP contribution in [0.5, 0.6) is 0 Å². The van der Waals surface area contributed by atoms with E-state index in [1.807, 2.05) is 6.92 Å². The van der Waals surface area contributed by atoms with Gasteiger partial charge in [0.2, 0.25) is 5.78 Å². The van der Waals surface area contributed by atoms with Gasteiger partial charge in [-0.05, 0) is 36.8 Å². The van der Waals surface area contributed by atoms with E-state index in [1.165, 1.54) is 0 Å². The first-order chi connectivity index (χ1) is 9.58. The Balaban J connectivity index is 2.05. The van der Waals surface area contributed by atoms with Gasteiger partial charge in [-0.15, -0.1) is 0 Å². The number of furan rings is 1. The minimum atomic E-state index is -0.174. The van der Waals surface area contributed by atoms with Crippen molar-refractivity contribution in [3.05, 3.63) is 52.5 Å². The van der Waals surface area contributed by atoms with Gasteiger partial charge in [0.1, 0.15) is 11.3 Å². The molecule has 0 N–H and O–H groups in total. The number of benzene rings is 1. The van der Waals surface area contributed by atoms with Crippen LogP contribution in [-0.4, -0.2) is 15.6 Å². The Bertz CT molecular complexity index is 801. The van der Waals surface area contributed by atoms with Crippen molar-refractivity contribution in [2.75, 3.05) is 0 Å². The highest BCUT2D eigenvalue weighted by Crippen LogP contribution is 2.24. The molecule has 5 heteroatoms. The van der Waals surface area contributed by atoms with Crippen molar-refractivity contribution in [2.24, 2.45) is 7.05 Å². The quantitative estimate of drug-likeness (QED) is 0.692. The van der Waals surface area contributed by atoms with Crippen LogP contribution in [0.3, 0.4) is 0 Å². The molecule has 102 valence electrons. The van der Waals surface area contributed by atoms with Crippen molar-refractivity contribution in [1.29, 1.82) is 0 Å². The fraction of sp³-hybridized carbons (Fsp3) is 0.200. The van der Waals surface area contributed by atoms with Crippen LogP contribution in [0.4, 0.5) is 0 Å². The summed E-state index contributed by atoms with van der Waals surface area (Å²) in [5.74, 6) is 0.125. The van der Waals surface area contributed by atoms with Crippen LogP contribution in [-0.2, 0) is 13.5 Å². The maximum Gasteiger partial charge on any atom is 0.246 e. The van der Waals surface area contributed by atoms with E-state index in [2.05, 4.69) is 5.10 Å². The summed E-state index contributed by atoms with van der Waals surface area (Å²) in [4.78, 5) is 12.5. The monoisotopic (exact) mass is 288 g/mol. The summed E-state index contributed by atoms with van der Waals surface area (Å²) in [6.45, 7) is 2.00. The van der Waals surface area contributed by atoms with Crippen molar-refractivity contribution in [2.45, 2.75) is 13.3 Å². The first kappa shape index (κ1) is 12.9. The number of nitrogens with zero attached hydrogens (tertiary/aromatic N) is 2. The lowest BCUT2D eigenvalue weighted by Gasteiger charge is -1.96. The second-order valence-corrected chi connectivity index (χ2v) is 5.06. The Morgan fingerprint density at radius 2 is 2.15 bits per heavy atom. The summed E-state index contributed by atoms with van der Waals surface area (Å²) in [5.41, 5.74) is 2.05. The van der Waals surface area contributed by atoms with E-state index in [0.717, 1.165) is 17.5 Å². The number of carbonyl (C=O) groups excluding carboxylic acids is 1. The molecule has 2 aromatic heterocycles. The number of ketones is 1. The van der Waals surface area contributed by atoms with Crippen LogP contribution >= 0.6 is 11.6 Å². The Morgan fingerprint density at radius 1 is 1.35 bits per heavy atom. The Kier molecular flexibility index (Phi) is 3.10. The van der Waals surface area contributed by atoms with Crippen LogP contribution in [0.2, 0.25) is 5.02 Å². The highest BCUT2D eigenvalue weighted by atomic mass is 35.5. The minimum Gasteiger partial charge on any atom is -0.453 e. The zero-order valence-corrected chi connectivity index (χ0v) is 11.9. The SMILES string of the molecule is CCc1cc(C(=O)c2cc3cc(Cl)ccc3o2)n(C)n1. The smallest absolute Gasteiger partial charge is 0.246 e. The molecule has 0 spiro atoms. The Hall–Kier alpha value is -2.07. The van der Waals surface area contributed by atoms with E-state index >= 15 is 0 Å². The van der Waals surface area contributed by atoms with E-state index in [9.17, 15) is 4.79 Å². The number of fused-ring (bicyclic) bond motifs is 1. The highest BCUT2D eigenvalue weighted by molar-refractivity contribution is 6.31.